The SMILES string of the molecule is FC1CC(F)C(S(=S)(=S)Cl)C(F)C1. The van der Waals surface area contributed by atoms with Crippen molar-refractivity contribution in [3.8, 4) is 0 Å². The van der Waals surface area contributed by atoms with Crippen LogP contribution in [-0.2, 0) is 28.7 Å². The Morgan fingerprint density at radius 1 is 1.08 bits per heavy atom. The van der Waals surface area contributed by atoms with E-state index in [4.69, 9.17) is 10.7 Å². The van der Waals surface area contributed by atoms with Crippen LogP contribution >= 0.6 is 10.7 Å². The zero-order chi connectivity index (χ0) is 10.2. The van der Waals surface area contributed by atoms with Gasteiger partial charge in [-0.05, 0) is 39.4 Å². The molecule has 0 amide bonds. The molecule has 1 aliphatic carbocycles. The van der Waals surface area contributed by atoms with Crippen LogP contribution in [0.4, 0.5) is 13.2 Å². The first-order valence-electron chi connectivity index (χ1n) is 3.68. The monoisotopic (exact) mass is 268 g/mol. The molecule has 2 atom stereocenters. The van der Waals surface area contributed by atoms with Gasteiger partial charge in [-0.15, -0.1) is 0 Å². The van der Waals surface area contributed by atoms with Gasteiger partial charge in [0.2, 0.25) is 0 Å². The molecule has 2 unspecified atom stereocenters. The maximum Gasteiger partial charge on any atom is 0.119 e. The van der Waals surface area contributed by atoms with Gasteiger partial charge in [-0.25, -0.2) is 13.2 Å². The first kappa shape index (κ1) is 11.9. The van der Waals surface area contributed by atoms with Crippen molar-refractivity contribution >= 4 is 39.4 Å². The van der Waals surface area contributed by atoms with Crippen molar-refractivity contribution < 1.29 is 13.2 Å². The largest absolute Gasteiger partial charge is 0.247 e. The lowest BCUT2D eigenvalue weighted by molar-refractivity contribution is 0.0991. The summed E-state index contributed by atoms with van der Waals surface area (Å²) in [5.41, 5.74) is 0. The Morgan fingerprint density at radius 2 is 1.46 bits per heavy atom. The number of alkyl halides is 3. The molecule has 0 heterocycles. The summed E-state index contributed by atoms with van der Waals surface area (Å²) in [6.07, 6.45) is -8.01. The van der Waals surface area contributed by atoms with Gasteiger partial charge in [0.05, 0.1) is 5.25 Å². The van der Waals surface area contributed by atoms with Gasteiger partial charge in [0.15, 0.2) is 0 Å². The van der Waals surface area contributed by atoms with Crippen molar-refractivity contribution in [3.63, 3.8) is 0 Å². The van der Waals surface area contributed by atoms with Crippen LogP contribution < -0.4 is 0 Å². The first-order chi connectivity index (χ1) is 5.82. The van der Waals surface area contributed by atoms with E-state index in [1.165, 1.54) is 0 Å². The fourth-order valence-electron chi connectivity index (χ4n) is 1.43. The molecule has 0 aromatic rings. The Morgan fingerprint density at radius 3 is 1.77 bits per heavy atom. The minimum absolute atomic E-state index is 0.333. The van der Waals surface area contributed by atoms with Crippen molar-refractivity contribution in [2.24, 2.45) is 0 Å². The molecule has 1 fully saturated rings. The normalized spacial score (nSPS) is 41.8. The Hall–Kier alpha value is 0.870. The first-order valence-corrected chi connectivity index (χ1v) is 8.05. The lowest BCUT2D eigenvalue weighted by atomic mass is 9.95. The molecule has 0 N–H and O–H groups in total. The van der Waals surface area contributed by atoms with Gasteiger partial charge in [0.1, 0.15) is 18.5 Å². The Labute approximate surface area is 89.1 Å². The molecule has 1 saturated carbocycles. The highest BCUT2D eigenvalue weighted by molar-refractivity contribution is 8.67. The van der Waals surface area contributed by atoms with Gasteiger partial charge < -0.3 is 0 Å². The molecule has 78 valence electrons. The molecule has 0 bridgehead atoms. The third-order valence-corrected chi connectivity index (χ3v) is 5.19. The summed E-state index contributed by atoms with van der Waals surface area (Å²) in [6, 6.07) is 0. The van der Waals surface area contributed by atoms with Crippen molar-refractivity contribution in [2.75, 3.05) is 0 Å². The van der Waals surface area contributed by atoms with Crippen LogP contribution in [0.2, 0.25) is 0 Å². The fraction of sp³-hybridized carbons (Fsp3) is 1.00. The van der Waals surface area contributed by atoms with Crippen molar-refractivity contribution in [1.82, 2.24) is 0 Å². The second-order valence-electron chi connectivity index (χ2n) is 3.04. The zero-order valence-electron chi connectivity index (χ0n) is 6.46. The highest BCUT2D eigenvalue weighted by Crippen LogP contribution is 2.33. The van der Waals surface area contributed by atoms with Gasteiger partial charge in [0.25, 0.3) is 0 Å². The van der Waals surface area contributed by atoms with E-state index in [-0.39, 0.29) is 12.8 Å². The van der Waals surface area contributed by atoms with E-state index in [1.54, 1.807) is 0 Å². The molecule has 1 rings (SSSR count). The molecule has 13 heavy (non-hydrogen) atoms. The molecule has 7 heteroatoms. The standard InChI is InChI=1S/C6H8ClF3S3/c7-13(11,12)6-4(9)1-3(8)2-5(6)10/h3-6H,1-2H2. The minimum Gasteiger partial charge on any atom is -0.247 e. The third-order valence-electron chi connectivity index (χ3n) is 2.00. The molecular weight excluding hydrogens is 261 g/mol. The number of halogens is 4. The maximum atomic E-state index is 13.2. The summed E-state index contributed by atoms with van der Waals surface area (Å²) < 4.78 is 39.0. The van der Waals surface area contributed by atoms with E-state index in [1.807, 2.05) is 0 Å². The smallest absolute Gasteiger partial charge is 0.119 e. The van der Waals surface area contributed by atoms with E-state index in [9.17, 15) is 13.2 Å². The summed E-state index contributed by atoms with van der Waals surface area (Å²) in [6.45, 7) is 0. The third kappa shape index (κ3) is 2.91. The van der Waals surface area contributed by atoms with Gasteiger partial charge in [0, 0.05) is 12.8 Å². The lowest BCUT2D eigenvalue weighted by Crippen LogP contribution is -2.43. The Bertz CT molecular complexity index is 267. The second-order valence-corrected chi connectivity index (χ2v) is 10.9. The molecular formula is C6H8ClF3S3. The fourth-order valence-corrected chi connectivity index (χ4v) is 4.48. The van der Waals surface area contributed by atoms with Crippen molar-refractivity contribution in [2.45, 2.75) is 36.6 Å². The van der Waals surface area contributed by atoms with Crippen LogP contribution in [0.15, 0.2) is 0 Å². The average Bonchev–Trinajstić information content (AvgIpc) is 1.78. The predicted octanol–water partition coefficient (Wildman–Crippen LogP) is 2.39. The molecule has 0 spiro atoms. The molecule has 0 aromatic carbocycles. The Balaban J connectivity index is 2.85. The van der Waals surface area contributed by atoms with Crippen LogP contribution in [0, 0.1) is 0 Å². The van der Waals surface area contributed by atoms with Crippen LogP contribution in [0.3, 0.4) is 0 Å². The molecule has 0 saturated heterocycles. The highest BCUT2D eigenvalue weighted by Gasteiger charge is 2.42. The second kappa shape index (κ2) is 4.16. The van der Waals surface area contributed by atoms with E-state index < -0.39 is 30.1 Å². The molecule has 0 aliphatic heterocycles. The zero-order valence-corrected chi connectivity index (χ0v) is 9.67. The van der Waals surface area contributed by atoms with Crippen LogP contribution in [-0.4, -0.2) is 23.8 Å². The summed E-state index contributed by atoms with van der Waals surface area (Å²) in [7, 11) is 5.56. The Kier molecular flexibility index (Phi) is 3.82. The van der Waals surface area contributed by atoms with E-state index in [0.717, 1.165) is 0 Å². The van der Waals surface area contributed by atoms with Crippen molar-refractivity contribution in [1.29, 1.82) is 0 Å². The van der Waals surface area contributed by atoms with E-state index in [2.05, 4.69) is 22.4 Å². The van der Waals surface area contributed by atoms with Crippen LogP contribution in [0.1, 0.15) is 12.8 Å². The quantitative estimate of drug-likeness (QED) is 0.670. The summed E-state index contributed by atoms with van der Waals surface area (Å²) >= 11 is 9.32. The summed E-state index contributed by atoms with van der Waals surface area (Å²) in [5.74, 6) is 0. The molecule has 0 radical (unpaired) electrons. The highest BCUT2D eigenvalue weighted by atomic mass is 35.8. The van der Waals surface area contributed by atoms with Gasteiger partial charge in [-0.3, -0.25) is 0 Å². The molecule has 0 aromatic heterocycles. The number of rotatable bonds is 1. The van der Waals surface area contributed by atoms with Crippen LogP contribution in [0.5, 0.6) is 0 Å². The lowest BCUT2D eigenvalue weighted by Gasteiger charge is -2.31. The summed E-state index contributed by atoms with van der Waals surface area (Å²) in [4.78, 5) is 0. The summed E-state index contributed by atoms with van der Waals surface area (Å²) in [5, 5.41) is -1.17. The number of hydrogen-bond acceptors (Lipinski definition) is 2. The maximum absolute atomic E-state index is 13.2. The van der Waals surface area contributed by atoms with Gasteiger partial charge >= 0.3 is 0 Å². The number of hydrogen-bond donors (Lipinski definition) is 0. The topological polar surface area (TPSA) is 0 Å². The van der Waals surface area contributed by atoms with Crippen molar-refractivity contribution in [3.05, 3.63) is 0 Å². The van der Waals surface area contributed by atoms with Gasteiger partial charge in [-0.1, -0.05) is 0 Å². The average molecular weight is 269 g/mol. The minimum atomic E-state index is -2.63. The van der Waals surface area contributed by atoms with E-state index in [0.29, 0.717) is 0 Å². The predicted molar refractivity (Wildman–Crippen MR) is 55.7 cm³/mol. The molecule has 1 aliphatic rings. The van der Waals surface area contributed by atoms with Crippen LogP contribution in [0.25, 0.3) is 0 Å². The van der Waals surface area contributed by atoms with Gasteiger partial charge in [-0.2, -0.15) is 0 Å². The van der Waals surface area contributed by atoms with E-state index >= 15 is 0 Å². The molecule has 0 nitrogen and oxygen atoms in total.